The van der Waals surface area contributed by atoms with Crippen molar-refractivity contribution in [2.24, 2.45) is 55.3 Å². The highest BCUT2D eigenvalue weighted by Gasteiger charge is 2.52. The number of carbonyl (C=O) groups excluding carboxylic acids is 6. The molecule has 0 unspecified atom stereocenters. The van der Waals surface area contributed by atoms with Crippen LogP contribution in [0.1, 0.15) is 55.2 Å². The fraction of sp³-hybridized carbons (Fsp3) is 0.380. The molecule has 2 aliphatic rings. The van der Waals surface area contributed by atoms with Crippen LogP contribution in [-0.2, 0) is 48.0 Å². The third-order valence-corrected chi connectivity index (χ3v) is 13.1. The van der Waals surface area contributed by atoms with Gasteiger partial charge in [0.25, 0.3) is 0 Å². The van der Waals surface area contributed by atoms with E-state index in [4.69, 9.17) is 34.4 Å². The van der Waals surface area contributed by atoms with Gasteiger partial charge in [-0.15, -0.1) is 0 Å². The first-order valence-electron chi connectivity index (χ1n) is 24.2. The molecule has 1 spiro atoms. The van der Waals surface area contributed by atoms with Crippen molar-refractivity contribution in [3.8, 4) is 0 Å². The number of para-hydroxylation sites is 2. The van der Waals surface area contributed by atoms with Crippen molar-refractivity contribution in [2.45, 2.75) is 93.5 Å². The summed E-state index contributed by atoms with van der Waals surface area (Å²) < 4.78 is 0. The average Bonchev–Trinajstić information content (AvgIpc) is 3.96. The van der Waals surface area contributed by atoms with Crippen LogP contribution in [-0.4, -0.2) is 119 Å². The Morgan fingerprint density at radius 1 is 0.493 bits per heavy atom. The summed E-state index contributed by atoms with van der Waals surface area (Å²) in [5, 5.41) is 18.9. The van der Waals surface area contributed by atoms with E-state index in [2.05, 4.69) is 56.8 Å². The number of amides is 6. The molecule has 6 amide bonds. The Labute approximate surface area is 421 Å². The van der Waals surface area contributed by atoms with Crippen LogP contribution < -0.4 is 66.3 Å². The Balaban J connectivity index is 1.32. The number of nitrogens with zero attached hydrogens (tertiary/aromatic N) is 3. The first-order valence-corrected chi connectivity index (χ1v) is 24.2. The van der Waals surface area contributed by atoms with E-state index in [1.807, 2.05) is 54.6 Å². The number of aliphatic imine (C=N–C) groups is 3. The normalized spacial score (nSPS) is 23.1. The summed E-state index contributed by atoms with van der Waals surface area (Å²) in [5.74, 6) is -5.11. The van der Waals surface area contributed by atoms with Gasteiger partial charge < -0.3 is 76.3 Å². The smallest absolute Gasteiger partial charge is 0.246 e. The third-order valence-electron chi connectivity index (χ3n) is 13.1. The van der Waals surface area contributed by atoms with E-state index in [1.165, 1.54) is 0 Å². The second-order valence-electron chi connectivity index (χ2n) is 18.6. The second kappa shape index (κ2) is 24.0. The Bertz CT molecular complexity index is 2860. The molecule has 3 heterocycles. The SMILES string of the molecule is NC(N)=NCCC[C@@H]1NC(=O)[C@H](CCCN=C(N)N)NC(=O)C2(CC(CN=C(N)N)C2)NC(=O)[C@H](Cc2c[nH]c3ccccc23)NC(=O)[C@H](Cc2ccccc2)NC(=O)[C@H](Cc2c[nH]c3ccccc23)NC1=O. The average molecular weight is 1000 g/mol. The number of H-pyrrole nitrogens is 2. The maximum Gasteiger partial charge on any atom is 0.246 e. The van der Waals surface area contributed by atoms with Crippen molar-refractivity contribution in [3.05, 3.63) is 108 Å². The van der Waals surface area contributed by atoms with Crippen LogP contribution in [0.2, 0.25) is 0 Å². The Kier molecular flexibility index (Phi) is 17.2. The van der Waals surface area contributed by atoms with Crippen LogP contribution in [0.3, 0.4) is 0 Å². The van der Waals surface area contributed by atoms with Crippen LogP contribution in [0.15, 0.2) is 106 Å². The number of rotatable bonds is 16. The lowest BCUT2D eigenvalue weighted by atomic mass is 9.67. The molecule has 3 aromatic carbocycles. The van der Waals surface area contributed by atoms with E-state index in [1.54, 1.807) is 36.7 Å². The van der Waals surface area contributed by atoms with Crippen molar-refractivity contribution in [1.29, 1.82) is 0 Å². The summed E-state index contributed by atoms with van der Waals surface area (Å²) in [6.07, 6.45) is 3.89. The summed E-state index contributed by atoms with van der Waals surface area (Å²) in [4.78, 5) is 108. The van der Waals surface area contributed by atoms with Gasteiger partial charge in [0.1, 0.15) is 35.7 Å². The van der Waals surface area contributed by atoms with E-state index in [0.29, 0.717) is 16.7 Å². The number of nitrogens with two attached hydrogens (primary N) is 6. The largest absolute Gasteiger partial charge is 0.370 e. The number of fused-ring (bicyclic) bond motifs is 2. The molecule has 1 aliphatic carbocycles. The number of carbonyl (C=O) groups is 6. The quantitative estimate of drug-likeness (QED) is 0.0314. The van der Waals surface area contributed by atoms with Crippen molar-refractivity contribution in [2.75, 3.05) is 19.6 Å². The monoisotopic (exact) mass is 1000 g/mol. The van der Waals surface area contributed by atoms with Crippen LogP contribution in [0.4, 0.5) is 0 Å². The Hall–Kier alpha value is -8.63. The molecule has 0 radical (unpaired) electrons. The predicted octanol–water partition coefficient (Wildman–Crippen LogP) is -1.24. The summed E-state index contributed by atoms with van der Waals surface area (Å²) in [7, 11) is 0. The standard InChI is InChI=1S/C50H65N17O6/c51-47(52)57-18-8-16-36-41(68)64-39(21-30-26-59-34-14-6-4-12-32(30)34)44(71)63-38(20-28-10-2-1-3-11-28)43(70)65-40(22-31-27-60-35-15-7-5-13-33(31)35)45(72)67-50(23-29(24-50)25-61-49(55)56)46(73)66-37(42(69)62-36)17-9-19-58-48(53)54/h1-7,10-15,26-27,29,36-40,59-60H,8-9,16-25H2,(H,62,69)(H,63,71)(H,64,68)(H,65,70)(H,66,73)(H,67,72)(H4,51,52,57)(H4,53,54,58)(H4,55,56,61)/t29?,36-,37-,38-,39-,40-,50?/m0/s1. The molecule has 1 saturated carbocycles. The maximum absolute atomic E-state index is 15.0. The van der Waals surface area contributed by atoms with E-state index >= 15 is 4.79 Å². The number of aromatic amines is 2. The van der Waals surface area contributed by atoms with Gasteiger partial charge in [0.15, 0.2) is 17.9 Å². The highest BCUT2D eigenvalue weighted by Crippen LogP contribution is 2.39. The van der Waals surface area contributed by atoms with Crippen LogP contribution in [0.25, 0.3) is 21.8 Å². The number of aromatic nitrogens is 2. The summed E-state index contributed by atoms with van der Waals surface area (Å²) in [6, 6.07) is 17.4. The molecule has 23 nitrogen and oxygen atoms in total. The lowest BCUT2D eigenvalue weighted by Gasteiger charge is -2.47. The lowest BCUT2D eigenvalue weighted by molar-refractivity contribution is -0.143. The minimum Gasteiger partial charge on any atom is -0.370 e. The van der Waals surface area contributed by atoms with Crippen molar-refractivity contribution >= 4 is 75.1 Å². The molecule has 23 heteroatoms. The van der Waals surface area contributed by atoms with E-state index in [9.17, 15) is 24.0 Å². The van der Waals surface area contributed by atoms with E-state index in [0.717, 1.165) is 21.8 Å². The van der Waals surface area contributed by atoms with Gasteiger partial charge in [-0.2, -0.15) is 0 Å². The fourth-order valence-corrected chi connectivity index (χ4v) is 9.41. The van der Waals surface area contributed by atoms with Crippen molar-refractivity contribution in [1.82, 2.24) is 41.9 Å². The molecule has 1 aliphatic heterocycles. The molecule has 5 atom stereocenters. The van der Waals surface area contributed by atoms with Gasteiger partial charge in [0.2, 0.25) is 35.4 Å². The molecule has 20 N–H and O–H groups in total. The topological polar surface area (TPSA) is 399 Å². The minimum atomic E-state index is -1.63. The van der Waals surface area contributed by atoms with Crippen LogP contribution in [0, 0.1) is 5.92 Å². The van der Waals surface area contributed by atoms with Gasteiger partial charge in [-0.1, -0.05) is 66.7 Å². The summed E-state index contributed by atoms with van der Waals surface area (Å²) in [5.41, 5.74) is 35.7. The van der Waals surface area contributed by atoms with Crippen molar-refractivity contribution in [3.63, 3.8) is 0 Å². The van der Waals surface area contributed by atoms with Gasteiger partial charge >= 0.3 is 0 Å². The Morgan fingerprint density at radius 3 is 1.42 bits per heavy atom. The summed E-state index contributed by atoms with van der Waals surface area (Å²) in [6.45, 7) is 0.336. The minimum absolute atomic E-state index is 0.00618. The third kappa shape index (κ3) is 13.8. The van der Waals surface area contributed by atoms with Gasteiger partial charge in [0, 0.05) is 73.1 Å². The maximum atomic E-state index is 15.0. The number of nitrogens with one attached hydrogen (secondary N) is 8. The molecular formula is C50H65N17O6. The highest BCUT2D eigenvalue weighted by atomic mass is 16.2. The first kappa shape index (κ1) is 52.2. The molecule has 386 valence electrons. The predicted molar refractivity (Wildman–Crippen MR) is 278 cm³/mol. The second-order valence-corrected chi connectivity index (χ2v) is 18.6. The van der Waals surface area contributed by atoms with Gasteiger partial charge in [-0.3, -0.25) is 43.7 Å². The first-order chi connectivity index (χ1) is 35.1. The van der Waals surface area contributed by atoms with Gasteiger partial charge in [-0.05, 0) is 73.3 Å². The summed E-state index contributed by atoms with van der Waals surface area (Å²) >= 11 is 0. The van der Waals surface area contributed by atoms with E-state index < -0.39 is 71.2 Å². The molecule has 5 aromatic rings. The molecule has 2 fully saturated rings. The molecule has 0 bridgehead atoms. The van der Waals surface area contributed by atoms with Gasteiger partial charge in [0.05, 0.1) is 0 Å². The van der Waals surface area contributed by atoms with Crippen molar-refractivity contribution < 1.29 is 28.8 Å². The molecule has 2 aromatic heterocycles. The lowest BCUT2D eigenvalue weighted by Crippen LogP contribution is -2.70. The number of hydrogen-bond donors (Lipinski definition) is 14. The number of hydrogen-bond acceptors (Lipinski definition) is 9. The highest BCUT2D eigenvalue weighted by molar-refractivity contribution is 6.00. The molecular weight excluding hydrogens is 935 g/mol. The number of benzene rings is 3. The molecule has 73 heavy (non-hydrogen) atoms. The Morgan fingerprint density at radius 2 is 0.918 bits per heavy atom. The zero-order chi connectivity index (χ0) is 52.1. The fourth-order valence-electron chi connectivity index (χ4n) is 9.41. The van der Waals surface area contributed by atoms with E-state index in [-0.39, 0.29) is 101 Å². The van der Waals surface area contributed by atoms with Crippen LogP contribution in [0.5, 0.6) is 0 Å². The zero-order valence-electron chi connectivity index (χ0n) is 40.4. The zero-order valence-corrected chi connectivity index (χ0v) is 40.4. The number of guanidine groups is 3. The van der Waals surface area contributed by atoms with Gasteiger partial charge in [-0.25, -0.2) is 0 Å². The van der Waals surface area contributed by atoms with Crippen LogP contribution >= 0.6 is 0 Å². The molecule has 7 rings (SSSR count). The molecule has 1 saturated heterocycles.